The lowest BCUT2D eigenvalue weighted by Crippen LogP contribution is -2.14. The van der Waals surface area contributed by atoms with E-state index in [0.717, 1.165) is 24.3 Å². The zero-order valence-corrected chi connectivity index (χ0v) is 8.59. The van der Waals surface area contributed by atoms with Gasteiger partial charge in [-0.05, 0) is 12.6 Å². The summed E-state index contributed by atoms with van der Waals surface area (Å²) in [6.07, 6.45) is 6.81. The smallest absolute Gasteiger partial charge is 0.138 e. The molecule has 0 bridgehead atoms. The van der Waals surface area contributed by atoms with Crippen LogP contribution in [0.5, 0.6) is 0 Å². The highest BCUT2D eigenvalue weighted by Crippen LogP contribution is 2.10. The van der Waals surface area contributed by atoms with E-state index in [9.17, 15) is 0 Å². The fourth-order valence-corrected chi connectivity index (χ4v) is 1.37. The lowest BCUT2D eigenvalue weighted by Gasteiger charge is -2.08. The van der Waals surface area contributed by atoms with Gasteiger partial charge in [-0.3, -0.25) is 4.98 Å². The molecule has 2 heterocycles. The number of pyridine rings is 1. The van der Waals surface area contributed by atoms with Crippen LogP contribution < -0.4 is 5.32 Å². The molecule has 5 nitrogen and oxygen atoms in total. The number of hydrogen-bond donors (Lipinski definition) is 1. The van der Waals surface area contributed by atoms with E-state index in [-0.39, 0.29) is 0 Å². The Labute approximate surface area is 88.2 Å². The maximum absolute atomic E-state index is 4.11. The summed E-state index contributed by atoms with van der Waals surface area (Å²) in [5.41, 5.74) is 2.13. The van der Waals surface area contributed by atoms with Gasteiger partial charge in [-0.25, -0.2) is 9.67 Å². The highest BCUT2D eigenvalue weighted by Gasteiger charge is 2.03. The van der Waals surface area contributed by atoms with Crippen molar-refractivity contribution in [1.82, 2.24) is 25.1 Å². The van der Waals surface area contributed by atoms with Crippen molar-refractivity contribution in [3.8, 4) is 5.69 Å². The zero-order valence-electron chi connectivity index (χ0n) is 8.59. The molecule has 0 aliphatic heterocycles. The molecule has 1 N–H and O–H groups in total. The molecule has 78 valence electrons. The van der Waals surface area contributed by atoms with Crippen molar-refractivity contribution in [3.63, 3.8) is 0 Å². The molecule has 0 saturated carbocycles. The molecule has 0 spiro atoms. The fourth-order valence-electron chi connectivity index (χ4n) is 1.37. The molecule has 0 atom stereocenters. The Kier molecular flexibility index (Phi) is 3.04. The molecule has 0 saturated heterocycles. The molecule has 0 aliphatic rings. The Bertz CT molecular complexity index is 410. The van der Waals surface area contributed by atoms with Gasteiger partial charge in [0.25, 0.3) is 0 Å². The first kappa shape index (κ1) is 9.79. The van der Waals surface area contributed by atoms with Crippen molar-refractivity contribution in [2.75, 3.05) is 6.54 Å². The Hall–Kier alpha value is -1.75. The molecule has 0 unspecified atom stereocenters. The van der Waals surface area contributed by atoms with Crippen LogP contribution in [-0.4, -0.2) is 26.3 Å². The van der Waals surface area contributed by atoms with Crippen molar-refractivity contribution < 1.29 is 0 Å². The van der Waals surface area contributed by atoms with Gasteiger partial charge in [-0.1, -0.05) is 6.92 Å². The summed E-state index contributed by atoms with van der Waals surface area (Å²) < 4.78 is 1.74. The third kappa shape index (κ3) is 2.19. The second-order valence-corrected chi connectivity index (χ2v) is 3.12. The van der Waals surface area contributed by atoms with Crippen LogP contribution in [0.25, 0.3) is 5.69 Å². The summed E-state index contributed by atoms with van der Waals surface area (Å²) in [6, 6.07) is 1.93. The van der Waals surface area contributed by atoms with Gasteiger partial charge in [0.1, 0.15) is 12.7 Å². The van der Waals surface area contributed by atoms with E-state index in [2.05, 4.69) is 27.3 Å². The zero-order chi connectivity index (χ0) is 10.5. The average Bonchev–Trinajstić information content (AvgIpc) is 2.80. The first-order valence-electron chi connectivity index (χ1n) is 4.90. The number of nitrogens with zero attached hydrogens (tertiary/aromatic N) is 4. The molecule has 2 aromatic rings. The molecular weight excluding hydrogens is 190 g/mol. The van der Waals surface area contributed by atoms with Crippen molar-refractivity contribution >= 4 is 0 Å². The van der Waals surface area contributed by atoms with Crippen molar-refractivity contribution in [3.05, 3.63) is 36.7 Å². The minimum Gasteiger partial charge on any atom is -0.313 e. The summed E-state index contributed by atoms with van der Waals surface area (Å²) in [5.74, 6) is 0. The normalized spacial score (nSPS) is 10.5. The van der Waals surface area contributed by atoms with Gasteiger partial charge in [-0.2, -0.15) is 5.10 Å². The van der Waals surface area contributed by atoms with Crippen LogP contribution in [-0.2, 0) is 6.54 Å². The molecule has 0 aliphatic carbocycles. The van der Waals surface area contributed by atoms with Crippen LogP contribution in [0.1, 0.15) is 12.5 Å². The molecule has 2 aromatic heterocycles. The Balaban J connectivity index is 2.30. The van der Waals surface area contributed by atoms with Gasteiger partial charge in [0, 0.05) is 24.5 Å². The van der Waals surface area contributed by atoms with Gasteiger partial charge < -0.3 is 5.32 Å². The maximum Gasteiger partial charge on any atom is 0.138 e. The molecule has 0 aromatic carbocycles. The SMILES string of the molecule is CCNCc1cnccc1-n1cncn1. The summed E-state index contributed by atoms with van der Waals surface area (Å²) in [4.78, 5) is 8.04. The Morgan fingerprint density at radius 1 is 1.40 bits per heavy atom. The van der Waals surface area contributed by atoms with Crippen LogP contribution >= 0.6 is 0 Å². The topological polar surface area (TPSA) is 55.6 Å². The molecule has 5 heteroatoms. The average molecular weight is 203 g/mol. The summed E-state index contributed by atoms with van der Waals surface area (Å²) >= 11 is 0. The van der Waals surface area contributed by atoms with E-state index in [1.54, 1.807) is 17.2 Å². The third-order valence-corrected chi connectivity index (χ3v) is 2.11. The van der Waals surface area contributed by atoms with E-state index in [1.165, 1.54) is 6.33 Å². The molecular formula is C10H13N5. The quantitative estimate of drug-likeness (QED) is 0.797. The second-order valence-electron chi connectivity index (χ2n) is 3.12. The van der Waals surface area contributed by atoms with Crippen molar-refractivity contribution in [2.24, 2.45) is 0 Å². The van der Waals surface area contributed by atoms with Gasteiger partial charge in [0.15, 0.2) is 0 Å². The molecule has 0 fully saturated rings. The molecule has 0 radical (unpaired) electrons. The van der Waals surface area contributed by atoms with Crippen LogP contribution in [0.4, 0.5) is 0 Å². The van der Waals surface area contributed by atoms with E-state index in [1.807, 2.05) is 12.3 Å². The highest BCUT2D eigenvalue weighted by molar-refractivity contribution is 5.37. The van der Waals surface area contributed by atoms with Gasteiger partial charge in [-0.15, -0.1) is 0 Å². The number of hydrogen-bond acceptors (Lipinski definition) is 4. The largest absolute Gasteiger partial charge is 0.313 e. The van der Waals surface area contributed by atoms with E-state index in [4.69, 9.17) is 0 Å². The Morgan fingerprint density at radius 3 is 3.07 bits per heavy atom. The van der Waals surface area contributed by atoms with Crippen LogP contribution in [0.15, 0.2) is 31.1 Å². The molecule has 2 rings (SSSR count). The van der Waals surface area contributed by atoms with Crippen molar-refractivity contribution in [1.29, 1.82) is 0 Å². The molecule has 0 amide bonds. The van der Waals surface area contributed by atoms with E-state index >= 15 is 0 Å². The van der Waals surface area contributed by atoms with Gasteiger partial charge in [0.05, 0.1) is 5.69 Å². The summed E-state index contributed by atoms with van der Waals surface area (Å²) in [6.45, 7) is 3.80. The maximum atomic E-state index is 4.11. The lowest BCUT2D eigenvalue weighted by molar-refractivity contribution is 0.714. The Morgan fingerprint density at radius 2 is 2.33 bits per heavy atom. The predicted octanol–water partition coefficient (Wildman–Crippen LogP) is 0.772. The second kappa shape index (κ2) is 4.65. The van der Waals surface area contributed by atoms with E-state index in [0.29, 0.717) is 0 Å². The first-order valence-corrected chi connectivity index (χ1v) is 4.90. The van der Waals surface area contributed by atoms with Crippen LogP contribution in [0.3, 0.4) is 0 Å². The number of nitrogens with one attached hydrogen (secondary N) is 1. The monoisotopic (exact) mass is 203 g/mol. The fraction of sp³-hybridized carbons (Fsp3) is 0.300. The standard InChI is InChI=1S/C10H13N5/c1-2-11-5-9-6-12-4-3-10(9)15-8-13-7-14-15/h3-4,6-8,11H,2,5H2,1H3. The predicted molar refractivity (Wildman–Crippen MR) is 56.5 cm³/mol. The lowest BCUT2D eigenvalue weighted by atomic mass is 10.2. The number of rotatable bonds is 4. The van der Waals surface area contributed by atoms with Crippen LogP contribution in [0, 0.1) is 0 Å². The van der Waals surface area contributed by atoms with E-state index < -0.39 is 0 Å². The summed E-state index contributed by atoms with van der Waals surface area (Å²) in [5, 5.41) is 7.37. The number of aromatic nitrogens is 4. The minimum absolute atomic E-state index is 0.791. The minimum atomic E-state index is 0.791. The van der Waals surface area contributed by atoms with Gasteiger partial charge in [0.2, 0.25) is 0 Å². The third-order valence-electron chi connectivity index (χ3n) is 2.11. The van der Waals surface area contributed by atoms with Gasteiger partial charge >= 0.3 is 0 Å². The first-order chi connectivity index (χ1) is 7.42. The molecule has 15 heavy (non-hydrogen) atoms. The van der Waals surface area contributed by atoms with Crippen molar-refractivity contribution in [2.45, 2.75) is 13.5 Å². The van der Waals surface area contributed by atoms with Crippen LogP contribution in [0.2, 0.25) is 0 Å². The summed E-state index contributed by atoms with van der Waals surface area (Å²) in [7, 11) is 0. The highest BCUT2D eigenvalue weighted by atomic mass is 15.3.